The van der Waals surface area contributed by atoms with Gasteiger partial charge in [0.15, 0.2) is 0 Å². The maximum absolute atomic E-state index is 3.67. The molecule has 0 saturated heterocycles. The Labute approximate surface area is 98.0 Å². The maximum Gasteiger partial charge on any atom is 0.0399 e. The molecule has 3 heteroatoms. The van der Waals surface area contributed by atoms with Crippen molar-refractivity contribution in [3.63, 3.8) is 0 Å². The van der Waals surface area contributed by atoms with E-state index in [1.807, 2.05) is 11.3 Å². The van der Waals surface area contributed by atoms with Gasteiger partial charge in [0.25, 0.3) is 0 Å². The maximum atomic E-state index is 3.67. The first-order chi connectivity index (χ1) is 6.50. The van der Waals surface area contributed by atoms with Gasteiger partial charge in [-0.3, -0.25) is 0 Å². The first-order valence-corrected chi connectivity index (χ1v) is 6.67. The molecule has 1 aromatic rings. The molecule has 1 N–H and O–H groups in total. The average Bonchev–Trinajstić information content (AvgIpc) is 2.53. The van der Waals surface area contributed by atoms with Gasteiger partial charge in [0.2, 0.25) is 0 Å². The molecule has 0 aliphatic heterocycles. The number of thiophene rings is 1. The van der Waals surface area contributed by atoms with Crippen LogP contribution in [0.5, 0.6) is 0 Å². The molecule has 2 unspecified atom stereocenters. The Hall–Kier alpha value is 0.140. The van der Waals surface area contributed by atoms with E-state index in [0.717, 1.165) is 0 Å². The van der Waals surface area contributed by atoms with Crippen molar-refractivity contribution in [2.75, 3.05) is 0 Å². The fourth-order valence-electron chi connectivity index (χ4n) is 1.74. The predicted molar refractivity (Wildman–Crippen MR) is 65.8 cm³/mol. The van der Waals surface area contributed by atoms with Crippen molar-refractivity contribution < 1.29 is 0 Å². The van der Waals surface area contributed by atoms with E-state index in [2.05, 4.69) is 53.5 Å². The molecule has 1 aliphatic carbocycles. The molecule has 0 radical (unpaired) electrons. The van der Waals surface area contributed by atoms with Gasteiger partial charge in [-0.2, -0.15) is 0 Å². The molecule has 1 aromatic heterocycles. The summed E-state index contributed by atoms with van der Waals surface area (Å²) in [4.78, 5) is 1.41. The molecule has 2 atom stereocenters. The molecular weight excluding hydrogens is 258 g/mol. The second kappa shape index (κ2) is 3.62. The molecule has 0 amide bonds. The quantitative estimate of drug-likeness (QED) is 0.879. The molecule has 1 aliphatic rings. The van der Waals surface area contributed by atoms with Crippen molar-refractivity contribution in [2.24, 2.45) is 5.41 Å². The highest BCUT2D eigenvalue weighted by molar-refractivity contribution is 9.10. The van der Waals surface area contributed by atoms with Crippen LogP contribution in [0.25, 0.3) is 0 Å². The van der Waals surface area contributed by atoms with Crippen LogP contribution in [0.1, 0.15) is 38.1 Å². The van der Waals surface area contributed by atoms with Crippen LogP contribution in [-0.4, -0.2) is 6.04 Å². The SMILES string of the molecule is CC(NC1CC1(C)C)c1sccc1Br. The molecule has 1 heterocycles. The summed E-state index contributed by atoms with van der Waals surface area (Å²) in [6.45, 7) is 6.88. The van der Waals surface area contributed by atoms with E-state index in [1.54, 1.807) is 0 Å². The zero-order valence-electron chi connectivity index (χ0n) is 8.80. The van der Waals surface area contributed by atoms with Crippen LogP contribution in [-0.2, 0) is 0 Å². The van der Waals surface area contributed by atoms with Crippen LogP contribution in [0.15, 0.2) is 15.9 Å². The molecular formula is C11H16BrNS. The van der Waals surface area contributed by atoms with Crippen molar-refractivity contribution in [2.45, 2.75) is 39.3 Å². The Balaban J connectivity index is 1.97. The summed E-state index contributed by atoms with van der Waals surface area (Å²) in [6, 6.07) is 3.29. The molecule has 1 saturated carbocycles. The summed E-state index contributed by atoms with van der Waals surface area (Å²) >= 11 is 5.39. The highest BCUT2D eigenvalue weighted by Crippen LogP contribution is 2.46. The van der Waals surface area contributed by atoms with Crippen molar-refractivity contribution in [3.05, 3.63) is 20.8 Å². The fourth-order valence-corrected chi connectivity index (χ4v) is 3.48. The Morgan fingerprint density at radius 2 is 2.29 bits per heavy atom. The highest BCUT2D eigenvalue weighted by atomic mass is 79.9. The molecule has 0 bridgehead atoms. The third-order valence-corrected chi connectivity index (χ3v) is 5.06. The van der Waals surface area contributed by atoms with Crippen molar-refractivity contribution in [1.29, 1.82) is 0 Å². The van der Waals surface area contributed by atoms with E-state index >= 15 is 0 Å². The second-order valence-electron chi connectivity index (χ2n) is 4.77. The first-order valence-electron chi connectivity index (χ1n) is 4.99. The Morgan fingerprint density at radius 3 is 2.71 bits per heavy atom. The number of nitrogens with one attached hydrogen (secondary N) is 1. The van der Waals surface area contributed by atoms with E-state index in [1.165, 1.54) is 15.8 Å². The van der Waals surface area contributed by atoms with Crippen molar-refractivity contribution in [3.8, 4) is 0 Å². The molecule has 0 aromatic carbocycles. The summed E-state index contributed by atoms with van der Waals surface area (Å²) in [5, 5.41) is 5.80. The third-order valence-electron chi connectivity index (χ3n) is 3.00. The van der Waals surface area contributed by atoms with Gasteiger partial charge in [0.05, 0.1) is 0 Å². The fraction of sp³-hybridized carbons (Fsp3) is 0.636. The van der Waals surface area contributed by atoms with Gasteiger partial charge in [0.1, 0.15) is 0 Å². The van der Waals surface area contributed by atoms with Crippen LogP contribution in [0.2, 0.25) is 0 Å². The Morgan fingerprint density at radius 1 is 1.64 bits per heavy atom. The van der Waals surface area contributed by atoms with Gasteiger partial charge in [-0.05, 0) is 46.1 Å². The topological polar surface area (TPSA) is 12.0 Å². The van der Waals surface area contributed by atoms with E-state index in [-0.39, 0.29) is 0 Å². The molecule has 14 heavy (non-hydrogen) atoms. The van der Waals surface area contributed by atoms with E-state index in [0.29, 0.717) is 17.5 Å². The summed E-state index contributed by atoms with van der Waals surface area (Å²) in [5.41, 5.74) is 0.512. The summed E-state index contributed by atoms with van der Waals surface area (Å²) in [5.74, 6) is 0. The van der Waals surface area contributed by atoms with Gasteiger partial charge in [0, 0.05) is 21.4 Å². The highest BCUT2D eigenvalue weighted by Gasteiger charge is 2.46. The molecule has 1 fully saturated rings. The van der Waals surface area contributed by atoms with Crippen LogP contribution in [0, 0.1) is 5.41 Å². The van der Waals surface area contributed by atoms with E-state index in [9.17, 15) is 0 Å². The minimum absolute atomic E-state index is 0.469. The average molecular weight is 274 g/mol. The van der Waals surface area contributed by atoms with Crippen LogP contribution >= 0.6 is 27.3 Å². The summed E-state index contributed by atoms with van der Waals surface area (Å²) < 4.78 is 1.24. The minimum Gasteiger partial charge on any atom is -0.306 e. The monoisotopic (exact) mass is 273 g/mol. The third kappa shape index (κ3) is 2.05. The van der Waals surface area contributed by atoms with E-state index in [4.69, 9.17) is 0 Å². The van der Waals surface area contributed by atoms with Gasteiger partial charge in [-0.1, -0.05) is 13.8 Å². The predicted octanol–water partition coefficient (Wildman–Crippen LogP) is 3.96. The van der Waals surface area contributed by atoms with Crippen molar-refractivity contribution in [1.82, 2.24) is 5.32 Å². The molecule has 0 spiro atoms. The van der Waals surface area contributed by atoms with Crippen LogP contribution in [0.3, 0.4) is 0 Å². The Kier molecular flexibility index (Phi) is 2.75. The largest absolute Gasteiger partial charge is 0.306 e. The normalized spacial score (nSPS) is 26.1. The smallest absolute Gasteiger partial charge is 0.0399 e. The zero-order chi connectivity index (χ0) is 10.3. The van der Waals surface area contributed by atoms with Gasteiger partial charge in [-0.15, -0.1) is 11.3 Å². The lowest BCUT2D eigenvalue weighted by molar-refractivity contribution is 0.495. The summed E-state index contributed by atoms with van der Waals surface area (Å²) in [7, 11) is 0. The van der Waals surface area contributed by atoms with Crippen LogP contribution < -0.4 is 5.32 Å². The molecule has 78 valence electrons. The molecule has 2 rings (SSSR count). The lowest BCUT2D eigenvalue weighted by atomic mass is 10.2. The zero-order valence-corrected chi connectivity index (χ0v) is 11.2. The first kappa shape index (κ1) is 10.7. The van der Waals surface area contributed by atoms with Crippen molar-refractivity contribution >= 4 is 27.3 Å². The lowest BCUT2D eigenvalue weighted by Crippen LogP contribution is -2.23. The number of hydrogen-bond acceptors (Lipinski definition) is 2. The lowest BCUT2D eigenvalue weighted by Gasteiger charge is -2.14. The number of hydrogen-bond donors (Lipinski definition) is 1. The standard InChI is InChI=1S/C11H16BrNS/c1-7(10-8(12)4-5-14-10)13-9-6-11(9,2)3/h4-5,7,9,13H,6H2,1-3H3. The summed E-state index contributed by atoms with van der Waals surface area (Å²) in [6.07, 6.45) is 1.31. The Bertz CT molecular complexity index is 332. The van der Waals surface area contributed by atoms with Gasteiger partial charge < -0.3 is 5.32 Å². The van der Waals surface area contributed by atoms with E-state index < -0.39 is 0 Å². The number of rotatable bonds is 3. The minimum atomic E-state index is 0.469. The van der Waals surface area contributed by atoms with Crippen LogP contribution in [0.4, 0.5) is 0 Å². The molecule has 1 nitrogen and oxygen atoms in total. The van der Waals surface area contributed by atoms with Gasteiger partial charge >= 0.3 is 0 Å². The number of halogens is 1. The second-order valence-corrected chi connectivity index (χ2v) is 6.57. The van der Waals surface area contributed by atoms with Gasteiger partial charge in [-0.25, -0.2) is 0 Å².